The van der Waals surface area contributed by atoms with E-state index in [1.54, 1.807) is 0 Å². The van der Waals surface area contributed by atoms with Gasteiger partial charge in [0.1, 0.15) is 0 Å². The van der Waals surface area contributed by atoms with Crippen LogP contribution in [0.15, 0.2) is 0 Å². The summed E-state index contributed by atoms with van der Waals surface area (Å²) in [6.07, 6.45) is 4.94. The van der Waals surface area contributed by atoms with Crippen LogP contribution < -0.4 is 5.32 Å². The van der Waals surface area contributed by atoms with E-state index in [0.29, 0.717) is 6.04 Å². The maximum Gasteiger partial charge on any atom is 0.0480 e. The van der Waals surface area contributed by atoms with Crippen molar-refractivity contribution in [3.8, 4) is 0 Å². The molecule has 1 N–H and O–H groups in total. The largest absolute Gasteiger partial charge is 0.381 e. The number of nitrogens with one attached hydrogen (secondary N) is 1. The highest BCUT2D eigenvalue weighted by Gasteiger charge is 2.21. The summed E-state index contributed by atoms with van der Waals surface area (Å²) in [5.41, 5.74) is 0. The molecule has 0 amide bonds. The first-order valence-electron chi connectivity index (χ1n) is 6.76. The zero-order chi connectivity index (χ0) is 11.8. The van der Waals surface area contributed by atoms with E-state index in [4.69, 9.17) is 4.74 Å². The van der Waals surface area contributed by atoms with Gasteiger partial charge >= 0.3 is 0 Å². The monoisotopic (exact) mass is 228 g/mol. The second-order valence-electron chi connectivity index (χ2n) is 4.92. The van der Waals surface area contributed by atoms with Gasteiger partial charge in [-0.05, 0) is 39.8 Å². The Bertz CT molecular complexity index is 169. The van der Waals surface area contributed by atoms with Gasteiger partial charge in [-0.1, -0.05) is 13.3 Å². The number of rotatable bonds is 7. The molecule has 1 unspecified atom stereocenters. The van der Waals surface area contributed by atoms with Gasteiger partial charge < -0.3 is 10.1 Å². The first kappa shape index (κ1) is 13.9. The molecular weight excluding hydrogens is 200 g/mol. The van der Waals surface area contributed by atoms with Gasteiger partial charge in [0, 0.05) is 31.8 Å². The Hall–Kier alpha value is -0.120. The van der Waals surface area contributed by atoms with E-state index < -0.39 is 0 Å². The van der Waals surface area contributed by atoms with Gasteiger partial charge in [-0.2, -0.15) is 0 Å². The van der Waals surface area contributed by atoms with E-state index >= 15 is 0 Å². The molecule has 0 aliphatic carbocycles. The molecule has 0 aromatic rings. The zero-order valence-electron chi connectivity index (χ0n) is 11.2. The van der Waals surface area contributed by atoms with Crippen molar-refractivity contribution in [3.05, 3.63) is 0 Å². The molecule has 1 aliphatic heterocycles. The fourth-order valence-corrected chi connectivity index (χ4v) is 2.21. The van der Waals surface area contributed by atoms with Gasteiger partial charge in [-0.3, -0.25) is 4.90 Å². The summed E-state index contributed by atoms with van der Waals surface area (Å²) in [5, 5.41) is 3.53. The molecule has 0 radical (unpaired) electrons. The average molecular weight is 228 g/mol. The molecule has 1 rings (SSSR count). The second-order valence-corrected chi connectivity index (χ2v) is 4.92. The van der Waals surface area contributed by atoms with Crippen molar-refractivity contribution < 1.29 is 4.74 Å². The van der Waals surface area contributed by atoms with Crippen molar-refractivity contribution in [2.75, 3.05) is 33.4 Å². The average Bonchev–Trinajstić information content (AvgIpc) is 2.34. The van der Waals surface area contributed by atoms with Crippen LogP contribution in [-0.4, -0.2) is 50.3 Å². The van der Waals surface area contributed by atoms with Crippen LogP contribution >= 0.6 is 0 Å². The van der Waals surface area contributed by atoms with Gasteiger partial charge in [0.15, 0.2) is 0 Å². The van der Waals surface area contributed by atoms with Gasteiger partial charge in [0.25, 0.3) is 0 Å². The van der Waals surface area contributed by atoms with Gasteiger partial charge in [0.05, 0.1) is 0 Å². The molecule has 16 heavy (non-hydrogen) atoms. The van der Waals surface area contributed by atoms with Crippen LogP contribution in [0.25, 0.3) is 0 Å². The Balaban J connectivity index is 2.15. The molecule has 0 spiro atoms. The summed E-state index contributed by atoms with van der Waals surface area (Å²) in [4.78, 5) is 2.52. The van der Waals surface area contributed by atoms with E-state index in [1.165, 1.54) is 25.7 Å². The van der Waals surface area contributed by atoms with Crippen LogP contribution in [0.1, 0.15) is 39.5 Å². The molecular formula is C13H28N2O. The lowest BCUT2D eigenvalue weighted by molar-refractivity contribution is 0.0312. The fourth-order valence-electron chi connectivity index (χ4n) is 2.21. The number of unbranched alkanes of at least 4 members (excludes halogenated alkanes) is 1. The molecule has 1 atom stereocenters. The maximum absolute atomic E-state index is 5.40. The summed E-state index contributed by atoms with van der Waals surface area (Å²) in [7, 11) is 2.25. The van der Waals surface area contributed by atoms with Crippen molar-refractivity contribution in [3.63, 3.8) is 0 Å². The molecule has 1 aliphatic rings. The molecule has 0 aromatic carbocycles. The molecule has 96 valence electrons. The third kappa shape index (κ3) is 4.81. The molecule has 3 nitrogen and oxygen atoms in total. The Kier molecular flexibility index (Phi) is 7.01. The number of ether oxygens (including phenoxy) is 1. The van der Waals surface area contributed by atoms with Gasteiger partial charge in [0.2, 0.25) is 0 Å². The van der Waals surface area contributed by atoms with Crippen LogP contribution in [0.4, 0.5) is 0 Å². The predicted molar refractivity (Wildman–Crippen MR) is 68.8 cm³/mol. The van der Waals surface area contributed by atoms with Crippen molar-refractivity contribution in [1.29, 1.82) is 0 Å². The minimum absolute atomic E-state index is 0.625. The predicted octanol–water partition coefficient (Wildman–Crippen LogP) is 1.88. The van der Waals surface area contributed by atoms with E-state index in [-0.39, 0.29) is 0 Å². The van der Waals surface area contributed by atoms with Gasteiger partial charge in [-0.25, -0.2) is 0 Å². The SMILES string of the molecule is CCCCNCC(C)N(C)C1CCOCC1. The first-order valence-corrected chi connectivity index (χ1v) is 6.76. The summed E-state index contributed by atoms with van der Waals surface area (Å²) in [6, 6.07) is 1.34. The molecule has 0 bridgehead atoms. The van der Waals surface area contributed by atoms with Gasteiger partial charge in [-0.15, -0.1) is 0 Å². The van der Waals surface area contributed by atoms with Crippen LogP contribution in [-0.2, 0) is 4.74 Å². The normalized spacial score (nSPS) is 20.2. The Labute approximate surface area is 101 Å². The molecule has 3 heteroatoms. The van der Waals surface area contributed by atoms with E-state index in [0.717, 1.165) is 32.3 Å². The molecule has 1 heterocycles. The Morgan fingerprint density at radius 2 is 2.06 bits per heavy atom. The maximum atomic E-state index is 5.40. The number of likely N-dealkylation sites (N-methyl/N-ethyl adjacent to an activating group) is 1. The summed E-state index contributed by atoms with van der Waals surface area (Å²) >= 11 is 0. The number of hydrogen-bond acceptors (Lipinski definition) is 3. The summed E-state index contributed by atoms with van der Waals surface area (Å²) < 4.78 is 5.40. The van der Waals surface area contributed by atoms with E-state index in [2.05, 4.69) is 31.1 Å². The van der Waals surface area contributed by atoms with Crippen LogP contribution in [0.3, 0.4) is 0 Å². The van der Waals surface area contributed by atoms with Crippen LogP contribution in [0.2, 0.25) is 0 Å². The highest BCUT2D eigenvalue weighted by atomic mass is 16.5. The number of hydrogen-bond donors (Lipinski definition) is 1. The quantitative estimate of drug-likeness (QED) is 0.673. The van der Waals surface area contributed by atoms with Crippen molar-refractivity contribution in [2.24, 2.45) is 0 Å². The molecule has 0 saturated carbocycles. The molecule has 0 aromatic heterocycles. The van der Waals surface area contributed by atoms with Crippen LogP contribution in [0.5, 0.6) is 0 Å². The molecule has 1 fully saturated rings. The lowest BCUT2D eigenvalue weighted by Crippen LogP contribution is -2.46. The minimum Gasteiger partial charge on any atom is -0.381 e. The van der Waals surface area contributed by atoms with Crippen molar-refractivity contribution >= 4 is 0 Å². The van der Waals surface area contributed by atoms with Crippen LogP contribution in [0, 0.1) is 0 Å². The minimum atomic E-state index is 0.625. The Morgan fingerprint density at radius 3 is 2.69 bits per heavy atom. The highest BCUT2D eigenvalue weighted by molar-refractivity contribution is 4.77. The first-order chi connectivity index (χ1) is 7.75. The third-order valence-corrected chi connectivity index (χ3v) is 3.61. The zero-order valence-corrected chi connectivity index (χ0v) is 11.2. The number of nitrogens with zero attached hydrogens (tertiary/aromatic N) is 1. The summed E-state index contributed by atoms with van der Waals surface area (Å²) in [5.74, 6) is 0. The second kappa shape index (κ2) is 8.04. The Morgan fingerprint density at radius 1 is 1.38 bits per heavy atom. The topological polar surface area (TPSA) is 24.5 Å². The lowest BCUT2D eigenvalue weighted by Gasteiger charge is -2.35. The van der Waals surface area contributed by atoms with E-state index in [1.807, 2.05) is 0 Å². The fraction of sp³-hybridized carbons (Fsp3) is 1.00. The lowest BCUT2D eigenvalue weighted by atomic mass is 10.1. The third-order valence-electron chi connectivity index (χ3n) is 3.61. The van der Waals surface area contributed by atoms with Crippen molar-refractivity contribution in [1.82, 2.24) is 10.2 Å². The van der Waals surface area contributed by atoms with E-state index in [9.17, 15) is 0 Å². The highest BCUT2D eigenvalue weighted by Crippen LogP contribution is 2.14. The smallest absolute Gasteiger partial charge is 0.0480 e. The molecule has 1 saturated heterocycles. The summed E-state index contributed by atoms with van der Waals surface area (Å²) in [6.45, 7) is 8.68. The standard InChI is InChI=1S/C13H28N2O/c1-4-5-8-14-11-12(2)15(3)13-6-9-16-10-7-13/h12-14H,4-11H2,1-3H3. The van der Waals surface area contributed by atoms with Crippen molar-refractivity contribution in [2.45, 2.75) is 51.6 Å².